The predicted molar refractivity (Wildman–Crippen MR) is 72.7 cm³/mol. The maximum atomic E-state index is 11.6. The summed E-state index contributed by atoms with van der Waals surface area (Å²) in [6.07, 6.45) is 2.28. The summed E-state index contributed by atoms with van der Waals surface area (Å²) in [7, 11) is 0. The van der Waals surface area contributed by atoms with E-state index in [1.165, 1.54) is 0 Å². The van der Waals surface area contributed by atoms with E-state index in [1.54, 1.807) is 18.2 Å². The summed E-state index contributed by atoms with van der Waals surface area (Å²) in [6.45, 7) is 1.02. The van der Waals surface area contributed by atoms with Crippen LogP contribution in [0.5, 0.6) is 5.75 Å². The van der Waals surface area contributed by atoms with Crippen LogP contribution in [0.15, 0.2) is 24.3 Å². The largest absolute Gasteiger partial charge is 0.493 e. The van der Waals surface area contributed by atoms with E-state index in [2.05, 4.69) is 5.32 Å². The first-order valence-electron chi connectivity index (χ1n) is 6.49. The van der Waals surface area contributed by atoms with Gasteiger partial charge in [-0.1, -0.05) is 6.07 Å². The van der Waals surface area contributed by atoms with Gasteiger partial charge in [-0.05, 0) is 25.0 Å². The second-order valence-corrected chi connectivity index (χ2v) is 5.11. The number of rotatable bonds is 7. The third-order valence-electron chi connectivity index (χ3n) is 3.41. The first-order valence-corrected chi connectivity index (χ1v) is 6.49. The zero-order valence-electron chi connectivity index (χ0n) is 10.9. The molecule has 1 saturated carbocycles. The van der Waals surface area contributed by atoms with Gasteiger partial charge in [-0.3, -0.25) is 4.79 Å². The number of amides is 1. The van der Waals surface area contributed by atoms with Crippen molar-refractivity contribution in [2.75, 3.05) is 25.5 Å². The Morgan fingerprint density at radius 3 is 2.89 bits per heavy atom. The highest BCUT2D eigenvalue weighted by atomic mass is 16.5. The number of carbonyl (C=O) groups excluding carboxylic acids is 1. The summed E-state index contributed by atoms with van der Waals surface area (Å²) < 4.78 is 5.44. The maximum Gasteiger partial charge on any atom is 0.223 e. The smallest absolute Gasteiger partial charge is 0.223 e. The lowest BCUT2D eigenvalue weighted by atomic mass is 10.1. The van der Waals surface area contributed by atoms with Crippen molar-refractivity contribution in [3.8, 4) is 5.75 Å². The minimum atomic E-state index is -0.0522. The molecule has 1 fully saturated rings. The van der Waals surface area contributed by atoms with Crippen LogP contribution in [-0.4, -0.2) is 30.8 Å². The standard InChI is InChI=1S/C14H20N2O3/c15-11-2-1-3-12(8-11)19-7-4-13(18)16-9-14(10-17)5-6-14/h1-3,8,17H,4-7,9-10,15H2,(H,16,18). The van der Waals surface area contributed by atoms with Gasteiger partial charge in [0.25, 0.3) is 0 Å². The van der Waals surface area contributed by atoms with Crippen LogP contribution in [0.4, 0.5) is 5.69 Å². The lowest BCUT2D eigenvalue weighted by molar-refractivity contribution is -0.121. The SMILES string of the molecule is Nc1cccc(OCCC(=O)NCC2(CO)CC2)c1. The monoisotopic (exact) mass is 264 g/mol. The molecule has 1 aliphatic rings. The molecule has 104 valence electrons. The molecular weight excluding hydrogens is 244 g/mol. The van der Waals surface area contributed by atoms with Gasteiger partial charge >= 0.3 is 0 Å². The fourth-order valence-corrected chi connectivity index (χ4v) is 1.81. The highest BCUT2D eigenvalue weighted by molar-refractivity contribution is 5.76. The van der Waals surface area contributed by atoms with Gasteiger partial charge in [-0.2, -0.15) is 0 Å². The van der Waals surface area contributed by atoms with Gasteiger partial charge in [-0.25, -0.2) is 0 Å². The van der Waals surface area contributed by atoms with Crippen LogP contribution in [0.3, 0.4) is 0 Å². The van der Waals surface area contributed by atoms with E-state index in [0.29, 0.717) is 31.0 Å². The molecule has 0 spiro atoms. The van der Waals surface area contributed by atoms with Crippen molar-refractivity contribution in [1.29, 1.82) is 0 Å². The molecule has 0 unspecified atom stereocenters. The van der Waals surface area contributed by atoms with Crippen LogP contribution in [0.2, 0.25) is 0 Å². The minimum Gasteiger partial charge on any atom is -0.493 e. The highest BCUT2D eigenvalue weighted by Crippen LogP contribution is 2.44. The predicted octanol–water partition coefficient (Wildman–Crippen LogP) is 0.926. The highest BCUT2D eigenvalue weighted by Gasteiger charge is 2.41. The molecule has 1 amide bonds. The fraction of sp³-hybridized carbons (Fsp3) is 0.500. The zero-order valence-corrected chi connectivity index (χ0v) is 10.9. The van der Waals surface area contributed by atoms with Crippen molar-refractivity contribution in [3.63, 3.8) is 0 Å². The Balaban J connectivity index is 1.64. The van der Waals surface area contributed by atoms with E-state index in [0.717, 1.165) is 12.8 Å². The average Bonchev–Trinajstić information content (AvgIpc) is 3.17. The molecule has 1 aromatic rings. The van der Waals surface area contributed by atoms with Crippen LogP contribution in [0, 0.1) is 5.41 Å². The van der Waals surface area contributed by atoms with Crippen LogP contribution < -0.4 is 15.8 Å². The van der Waals surface area contributed by atoms with Gasteiger partial charge in [0.2, 0.25) is 5.91 Å². The van der Waals surface area contributed by atoms with E-state index in [4.69, 9.17) is 15.6 Å². The normalized spacial score (nSPS) is 15.8. The van der Waals surface area contributed by atoms with Gasteiger partial charge in [0, 0.05) is 23.7 Å². The maximum absolute atomic E-state index is 11.6. The van der Waals surface area contributed by atoms with Crippen molar-refractivity contribution < 1.29 is 14.6 Å². The summed E-state index contributed by atoms with van der Waals surface area (Å²) in [5.74, 6) is 0.616. The van der Waals surface area contributed by atoms with Gasteiger partial charge in [0.1, 0.15) is 5.75 Å². The van der Waals surface area contributed by atoms with Crippen molar-refractivity contribution >= 4 is 11.6 Å². The number of hydrogen-bond acceptors (Lipinski definition) is 4. The molecule has 0 bridgehead atoms. The first kappa shape index (κ1) is 13.7. The summed E-state index contributed by atoms with van der Waals surface area (Å²) in [4.78, 5) is 11.6. The van der Waals surface area contributed by atoms with Crippen molar-refractivity contribution in [2.24, 2.45) is 5.41 Å². The van der Waals surface area contributed by atoms with E-state index in [-0.39, 0.29) is 17.9 Å². The Labute approximate surface area is 112 Å². The number of aliphatic hydroxyl groups is 1. The Morgan fingerprint density at radius 1 is 1.47 bits per heavy atom. The van der Waals surface area contributed by atoms with Gasteiger partial charge in [-0.15, -0.1) is 0 Å². The molecule has 1 aromatic carbocycles. The number of benzene rings is 1. The second kappa shape index (κ2) is 5.93. The molecule has 1 aliphatic carbocycles. The summed E-state index contributed by atoms with van der Waals surface area (Å²) in [5.41, 5.74) is 6.21. The molecule has 0 aromatic heterocycles. The summed E-state index contributed by atoms with van der Waals surface area (Å²) in [5, 5.41) is 12.0. The molecule has 19 heavy (non-hydrogen) atoms. The Hall–Kier alpha value is -1.75. The minimum absolute atomic E-state index is 0.0512. The first-order chi connectivity index (χ1) is 9.13. The van der Waals surface area contributed by atoms with E-state index in [1.807, 2.05) is 6.07 Å². The Bertz CT molecular complexity index is 444. The average molecular weight is 264 g/mol. The molecule has 0 saturated heterocycles. The van der Waals surface area contributed by atoms with Crippen LogP contribution in [0.25, 0.3) is 0 Å². The van der Waals surface area contributed by atoms with Crippen molar-refractivity contribution in [2.45, 2.75) is 19.3 Å². The number of nitrogens with two attached hydrogens (primary N) is 1. The molecule has 5 nitrogen and oxygen atoms in total. The third-order valence-corrected chi connectivity index (χ3v) is 3.41. The lowest BCUT2D eigenvalue weighted by Gasteiger charge is -2.13. The molecular formula is C14H20N2O3. The molecule has 0 atom stereocenters. The molecule has 2 rings (SSSR count). The Kier molecular flexibility index (Phi) is 4.27. The number of carbonyl (C=O) groups is 1. The number of anilines is 1. The van der Waals surface area contributed by atoms with Crippen LogP contribution in [0.1, 0.15) is 19.3 Å². The van der Waals surface area contributed by atoms with Crippen molar-refractivity contribution in [1.82, 2.24) is 5.32 Å². The number of nitrogen functional groups attached to an aromatic ring is 1. The molecule has 4 N–H and O–H groups in total. The van der Waals surface area contributed by atoms with Crippen molar-refractivity contribution in [3.05, 3.63) is 24.3 Å². The number of nitrogens with one attached hydrogen (secondary N) is 1. The van der Waals surface area contributed by atoms with E-state index >= 15 is 0 Å². The topological polar surface area (TPSA) is 84.6 Å². The zero-order chi connectivity index (χ0) is 13.7. The second-order valence-electron chi connectivity index (χ2n) is 5.11. The van der Waals surface area contributed by atoms with Crippen LogP contribution >= 0.6 is 0 Å². The van der Waals surface area contributed by atoms with E-state index in [9.17, 15) is 4.79 Å². The van der Waals surface area contributed by atoms with E-state index < -0.39 is 0 Å². The molecule has 5 heteroatoms. The van der Waals surface area contributed by atoms with Gasteiger partial charge in [0.15, 0.2) is 0 Å². The number of ether oxygens (including phenoxy) is 1. The third kappa shape index (κ3) is 4.13. The van der Waals surface area contributed by atoms with Gasteiger partial charge in [0.05, 0.1) is 19.6 Å². The lowest BCUT2D eigenvalue weighted by Crippen LogP contribution is -2.32. The summed E-state index contributed by atoms with van der Waals surface area (Å²) >= 11 is 0. The van der Waals surface area contributed by atoms with Gasteiger partial charge < -0.3 is 20.9 Å². The number of hydrogen-bond donors (Lipinski definition) is 3. The fourth-order valence-electron chi connectivity index (χ4n) is 1.81. The molecule has 0 radical (unpaired) electrons. The molecule has 0 heterocycles. The van der Waals surface area contributed by atoms with Crippen LogP contribution in [-0.2, 0) is 4.79 Å². The Morgan fingerprint density at radius 2 is 2.26 bits per heavy atom. The quantitative estimate of drug-likeness (QED) is 0.639. The molecule has 0 aliphatic heterocycles. The number of aliphatic hydroxyl groups excluding tert-OH is 1. The summed E-state index contributed by atoms with van der Waals surface area (Å²) in [6, 6.07) is 7.12.